The maximum Gasteiger partial charge on any atom is 0.254 e. The molecule has 1 aliphatic rings. The first kappa shape index (κ1) is 19.5. The zero-order valence-corrected chi connectivity index (χ0v) is 17.4. The summed E-state index contributed by atoms with van der Waals surface area (Å²) in [7, 11) is 0. The first-order valence-electron chi connectivity index (χ1n) is 11.0. The average Bonchev–Trinajstić information content (AvgIpc) is 3.32. The molecule has 5 heteroatoms. The van der Waals surface area contributed by atoms with Gasteiger partial charge < -0.3 is 9.42 Å². The van der Waals surface area contributed by atoms with E-state index in [2.05, 4.69) is 16.2 Å². The first-order valence-corrected chi connectivity index (χ1v) is 11.0. The monoisotopic (exact) mass is 411 g/mol. The third-order valence-corrected chi connectivity index (χ3v) is 6.08. The maximum absolute atomic E-state index is 13.6. The fourth-order valence-electron chi connectivity index (χ4n) is 4.42. The van der Waals surface area contributed by atoms with Crippen molar-refractivity contribution < 1.29 is 9.32 Å². The minimum atomic E-state index is 0.0251. The van der Waals surface area contributed by atoms with Crippen LogP contribution >= 0.6 is 0 Å². The number of aromatic nitrogens is 2. The molecule has 5 rings (SSSR count). The number of hydrogen-bond acceptors (Lipinski definition) is 4. The number of benzene rings is 3. The van der Waals surface area contributed by atoms with Crippen LogP contribution in [0, 0.1) is 0 Å². The van der Waals surface area contributed by atoms with Crippen LogP contribution in [0.4, 0.5) is 0 Å². The number of hydrogen-bond donors (Lipinski definition) is 0. The van der Waals surface area contributed by atoms with Crippen molar-refractivity contribution in [2.45, 2.75) is 44.7 Å². The molecule has 0 N–H and O–H groups in total. The summed E-state index contributed by atoms with van der Waals surface area (Å²) < 4.78 is 5.54. The highest BCUT2D eigenvalue weighted by atomic mass is 16.5. The summed E-state index contributed by atoms with van der Waals surface area (Å²) in [6.45, 7) is 0.330. The van der Waals surface area contributed by atoms with Crippen molar-refractivity contribution in [2.75, 3.05) is 0 Å². The Balaban J connectivity index is 1.44. The number of rotatable bonds is 5. The fourth-order valence-corrected chi connectivity index (χ4v) is 4.42. The minimum Gasteiger partial charge on any atom is -0.337 e. The lowest BCUT2D eigenvalue weighted by molar-refractivity contribution is 0.0586. The minimum absolute atomic E-state index is 0.0251. The van der Waals surface area contributed by atoms with Gasteiger partial charge in [-0.25, -0.2) is 0 Å². The van der Waals surface area contributed by atoms with Crippen molar-refractivity contribution in [1.82, 2.24) is 15.0 Å². The van der Waals surface area contributed by atoms with Crippen molar-refractivity contribution in [2.24, 2.45) is 0 Å². The van der Waals surface area contributed by atoms with Crippen LogP contribution in [0.2, 0.25) is 0 Å². The van der Waals surface area contributed by atoms with Crippen LogP contribution in [0.25, 0.3) is 22.2 Å². The van der Waals surface area contributed by atoms with E-state index in [1.165, 1.54) is 6.42 Å². The fraction of sp³-hybridized carbons (Fsp3) is 0.269. The van der Waals surface area contributed by atoms with Crippen LogP contribution in [0.3, 0.4) is 0 Å². The Labute approximate surface area is 181 Å². The summed E-state index contributed by atoms with van der Waals surface area (Å²) in [5.41, 5.74) is 1.61. The molecule has 31 heavy (non-hydrogen) atoms. The smallest absolute Gasteiger partial charge is 0.254 e. The summed E-state index contributed by atoms with van der Waals surface area (Å²) in [6.07, 6.45) is 5.54. The highest BCUT2D eigenvalue weighted by molar-refractivity contribution is 5.98. The van der Waals surface area contributed by atoms with Gasteiger partial charge in [-0.15, -0.1) is 0 Å². The molecule has 0 spiro atoms. The van der Waals surface area contributed by atoms with E-state index in [0.29, 0.717) is 23.8 Å². The zero-order valence-electron chi connectivity index (χ0n) is 17.4. The molecule has 1 fully saturated rings. The average molecular weight is 412 g/mol. The van der Waals surface area contributed by atoms with Gasteiger partial charge in [0.2, 0.25) is 11.7 Å². The van der Waals surface area contributed by atoms with E-state index in [1.807, 2.05) is 71.6 Å². The zero-order chi connectivity index (χ0) is 21.0. The van der Waals surface area contributed by atoms with E-state index in [1.54, 1.807) is 0 Å². The lowest BCUT2D eigenvalue weighted by atomic mass is 9.93. The summed E-state index contributed by atoms with van der Waals surface area (Å²) >= 11 is 0. The Morgan fingerprint density at radius 2 is 1.65 bits per heavy atom. The molecule has 1 aliphatic carbocycles. The number of carbonyl (C=O) groups excluding carboxylic acids is 1. The second-order valence-electron chi connectivity index (χ2n) is 8.16. The van der Waals surface area contributed by atoms with Crippen LogP contribution in [0.15, 0.2) is 77.3 Å². The molecule has 0 aliphatic heterocycles. The molecule has 0 unspecified atom stereocenters. The summed E-state index contributed by atoms with van der Waals surface area (Å²) in [5.74, 6) is 1.05. The molecular weight excluding hydrogens is 386 g/mol. The van der Waals surface area contributed by atoms with Gasteiger partial charge in [-0.3, -0.25) is 4.79 Å². The van der Waals surface area contributed by atoms with Crippen molar-refractivity contribution >= 4 is 16.7 Å². The van der Waals surface area contributed by atoms with Gasteiger partial charge in [0.05, 0.1) is 0 Å². The van der Waals surface area contributed by atoms with Crippen LogP contribution in [0.5, 0.6) is 0 Å². The van der Waals surface area contributed by atoms with Gasteiger partial charge in [-0.05, 0) is 35.7 Å². The Morgan fingerprint density at radius 3 is 2.45 bits per heavy atom. The number of amides is 1. The Kier molecular flexibility index (Phi) is 5.48. The second-order valence-corrected chi connectivity index (χ2v) is 8.16. The molecule has 0 saturated heterocycles. The molecular formula is C26H25N3O2. The summed E-state index contributed by atoms with van der Waals surface area (Å²) in [4.78, 5) is 20.1. The largest absolute Gasteiger partial charge is 0.337 e. The Hall–Kier alpha value is -3.47. The Morgan fingerprint density at radius 1 is 0.903 bits per heavy atom. The van der Waals surface area contributed by atoms with Gasteiger partial charge in [-0.2, -0.15) is 4.98 Å². The van der Waals surface area contributed by atoms with Crippen LogP contribution in [-0.4, -0.2) is 27.0 Å². The molecule has 156 valence electrons. The maximum atomic E-state index is 13.6. The molecule has 1 amide bonds. The Bertz CT molecular complexity index is 1180. The van der Waals surface area contributed by atoms with Gasteiger partial charge in [0.25, 0.3) is 5.91 Å². The van der Waals surface area contributed by atoms with Gasteiger partial charge in [-0.1, -0.05) is 85.1 Å². The third-order valence-electron chi connectivity index (χ3n) is 6.08. The van der Waals surface area contributed by atoms with E-state index in [9.17, 15) is 4.79 Å². The molecule has 0 bridgehead atoms. The summed E-state index contributed by atoms with van der Waals surface area (Å²) in [5, 5.41) is 6.34. The van der Waals surface area contributed by atoms with Crippen molar-refractivity contribution in [3.8, 4) is 11.4 Å². The normalized spacial score (nSPS) is 14.6. The van der Waals surface area contributed by atoms with E-state index < -0.39 is 0 Å². The standard InChI is InChI=1S/C26H25N3O2/c30-26(22-16-15-19-9-7-8-12-21(19)17-22)29(23-13-5-2-6-14-23)18-24-27-25(28-31-24)20-10-3-1-4-11-20/h1,3-4,7-12,15-17,23H,2,5-6,13-14,18H2. The highest BCUT2D eigenvalue weighted by Gasteiger charge is 2.28. The molecule has 0 radical (unpaired) electrons. The van der Waals surface area contributed by atoms with E-state index in [0.717, 1.165) is 42.0 Å². The summed E-state index contributed by atoms with van der Waals surface area (Å²) in [6, 6.07) is 24.0. The number of nitrogens with zero attached hydrogens (tertiary/aromatic N) is 3. The van der Waals surface area contributed by atoms with Gasteiger partial charge in [0.1, 0.15) is 6.54 Å². The second kappa shape index (κ2) is 8.72. The van der Waals surface area contributed by atoms with Crippen molar-refractivity contribution in [3.05, 3.63) is 84.3 Å². The number of carbonyl (C=O) groups is 1. The van der Waals surface area contributed by atoms with Crippen LogP contribution < -0.4 is 0 Å². The SMILES string of the molecule is O=C(c1ccc2ccccc2c1)N(Cc1nc(-c2ccccc2)no1)C1CCCCC1. The van der Waals surface area contributed by atoms with E-state index in [4.69, 9.17) is 4.52 Å². The topological polar surface area (TPSA) is 59.2 Å². The van der Waals surface area contributed by atoms with Crippen LogP contribution in [-0.2, 0) is 6.54 Å². The first-order chi connectivity index (χ1) is 15.3. The third kappa shape index (κ3) is 4.22. The van der Waals surface area contributed by atoms with Gasteiger partial charge >= 0.3 is 0 Å². The van der Waals surface area contributed by atoms with Gasteiger partial charge in [0, 0.05) is 17.2 Å². The van der Waals surface area contributed by atoms with E-state index >= 15 is 0 Å². The highest BCUT2D eigenvalue weighted by Crippen LogP contribution is 2.27. The lowest BCUT2D eigenvalue weighted by Crippen LogP contribution is -2.41. The number of fused-ring (bicyclic) bond motifs is 1. The van der Waals surface area contributed by atoms with Crippen molar-refractivity contribution in [3.63, 3.8) is 0 Å². The predicted molar refractivity (Wildman–Crippen MR) is 120 cm³/mol. The quantitative estimate of drug-likeness (QED) is 0.412. The lowest BCUT2D eigenvalue weighted by Gasteiger charge is -2.33. The molecule has 4 aromatic rings. The van der Waals surface area contributed by atoms with Crippen molar-refractivity contribution in [1.29, 1.82) is 0 Å². The van der Waals surface area contributed by atoms with Gasteiger partial charge in [0.15, 0.2) is 0 Å². The molecule has 5 nitrogen and oxygen atoms in total. The molecule has 3 aromatic carbocycles. The molecule has 0 atom stereocenters. The predicted octanol–water partition coefficient (Wildman–Crippen LogP) is 5.86. The molecule has 1 aromatic heterocycles. The molecule has 1 heterocycles. The van der Waals surface area contributed by atoms with E-state index in [-0.39, 0.29) is 11.9 Å². The molecule has 1 saturated carbocycles. The van der Waals surface area contributed by atoms with Crippen LogP contribution in [0.1, 0.15) is 48.4 Å².